The van der Waals surface area contributed by atoms with E-state index in [0.29, 0.717) is 0 Å². The van der Waals surface area contributed by atoms with Gasteiger partial charge in [0.25, 0.3) is 0 Å². The van der Waals surface area contributed by atoms with Gasteiger partial charge in [0.2, 0.25) is 0 Å². The van der Waals surface area contributed by atoms with E-state index in [-0.39, 0.29) is 15.0 Å². The Labute approximate surface area is 73.3 Å². The second-order valence-electron chi connectivity index (χ2n) is 3.17. The van der Waals surface area contributed by atoms with E-state index in [0.717, 1.165) is 5.92 Å². The van der Waals surface area contributed by atoms with Gasteiger partial charge in [-0.05, 0) is 0 Å². The molecule has 0 unspecified atom stereocenters. The Morgan fingerprint density at radius 2 is 2.09 bits per heavy atom. The van der Waals surface area contributed by atoms with Crippen molar-refractivity contribution >= 4 is 15.0 Å². The van der Waals surface area contributed by atoms with Crippen LogP contribution in [0.25, 0.3) is 0 Å². The molecule has 0 spiro atoms. The third-order valence-corrected chi connectivity index (χ3v) is 3.43. The van der Waals surface area contributed by atoms with E-state index in [9.17, 15) is 0 Å². The first-order valence-electron chi connectivity index (χ1n) is 4.24. The predicted molar refractivity (Wildman–Crippen MR) is 44.8 cm³/mol. The van der Waals surface area contributed by atoms with Gasteiger partial charge in [0, 0.05) is 0 Å². The van der Waals surface area contributed by atoms with Crippen molar-refractivity contribution in [3.8, 4) is 0 Å². The zero-order valence-corrected chi connectivity index (χ0v) is 8.21. The third-order valence-electron chi connectivity index (χ3n) is 2.40. The molecular weight excluding hydrogens is 203 g/mol. The molecule has 2 rings (SSSR count). The van der Waals surface area contributed by atoms with Crippen LogP contribution in [0, 0.1) is 0 Å². The molecule has 0 N–H and O–H groups in total. The number of nitrogens with zero attached hydrogens (tertiary/aromatic N) is 2. The molecule has 1 aromatic heterocycles. The topological polar surface area (TPSA) is 25.8 Å². The molecule has 0 aliphatic heterocycles. The van der Waals surface area contributed by atoms with E-state index in [1.165, 1.54) is 37.8 Å². The normalized spacial score (nSPS) is 20.4. The fourth-order valence-electron chi connectivity index (χ4n) is 1.75. The predicted octanol–water partition coefficient (Wildman–Crippen LogP) is 1.58. The summed E-state index contributed by atoms with van der Waals surface area (Å²) >= 11 is 0.201. The third kappa shape index (κ3) is 1.71. The van der Waals surface area contributed by atoms with Gasteiger partial charge in [-0.3, -0.25) is 0 Å². The standard InChI is InChI=1S/C8H12N2Se/c1-2-4-7(5-3-1)8-6-9-11-10-8/h6-7H,1-5H2. The molecule has 1 aliphatic rings. The first-order chi connectivity index (χ1) is 5.47. The number of aromatic nitrogens is 2. The van der Waals surface area contributed by atoms with Gasteiger partial charge in [-0.15, -0.1) is 0 Å². The monoisotopic (exact) mass is 216 g/mol. The van der Waals surface area contributed by atoms with Gasteiger partial charge in [0.15, 0.2) is 0 Å². The molecule has 1 aliphatic carbocycles. The number of hydrogen-bond donors (Lipinski definition) is 0. The average molecular weight is 215 g/mol. The second kappa shape index (κ2) is 3.50. The minimum absolute atomic E-state index is 0.201. The minimum atomic E-state index is 0.201. The molecule has 1 heterocycles. The molecule has 3 heteroatoms. The van der Waals surface area contributed by atoms with Crippen LogP contribution < -0.4 is 0 Å². The summed E-state index contributed by atoms with van der Waals surface area (Å²) in [5.41, 5.74) is 1.30. The second-order valence-corrected chi connectivity index (χ2v) is 4.34. The molecule has 0 atom stereocenters. The van der Waals surface area contributed by atoms with Crippen LogP contribution in [0.15, 0.2) is 6.20 Å². The molecule has 60 valence electrons. The maximum atomic E-state index is 4.42. The van der Waals surface area contributed by atoms with E-state index < -0.39 is 0 Å². The zero-order chi connectivity index (χ0) is 7.52. The van der Waals surface area contributed by atoms with E-state index in [1.807, 2.05) is 6.20 Å². The zero-order valence-electron chi connectivity index (χ0n) is 6.49. The molecule has 0 radical (unpaired) electrons. The molecule has 1 aromatic rings. The summed E-state index contributed by atoms with van der Waals surface area (Å²) in [6, 6.07) is 0. The van der Waals surface area contributed by atoms with E-state index >= 15 is 0 Å². The van der Waals surface area contributed by atoms with Crippen molar-refractivity contribution in [3.63, 3.8) is 0 Å². The molecule has 0 amide bonds. The molecular formula is C8H12N2Se. The van der Waals surface area contributed by atoms with Gasteiger partial charge in [-0.25, -0.2) is 0 Å². The Bertz CT molecular complexity index is 202. The van der Waals surface area contributed by atoms with Gasteiger partial charge in [-0.1, -0.05) is 0 Å². The average Bonchev–Trinajstić information content (AvgIpc) is 2.58. The van der Waals surface area contributed by atoms with Gasteiger partial charge < -0.3 is 0 Å². The molecule has 1 saturated carbocycles. The number of rotatable bonds is 1. The Morgan fingerprint density at radius 3 is 2.73 bits per heavy atom. The summed E-state index contributed by atoms with van der Waals surface area (Å²) in [6.45, 7) is 0. The van der Waals surface area contributed by atoms with Gasteiger partial charge in [-0.2, -0.15) is 0 Å². The molecule has 0 bridgehead atoms. The Kier molecular flexibility index (Phi) is 2.39. The van der Waals surface area contributed by atoms with E-state index in [2.05, 4.69) is 7.96 Å². The van der Waals surface area contributed by atoms with Crippen LogP contribution in [0.1, 0.15) is 43.7 Å². The van der Waals surface area contributed by atoms with Gasteiger partial charge in [0.05, 0.1) is 0 Å². The molecule has 0 aromatic carbocycles. The fourth-order valence-corrected chi connectivity index (χ4v) is 2.78. The summed E-state index contributed by atoms with van der Waals surface area (Å²) in [7, 11) is 0. The van der Waals surface area contributed by atoms with Crippen LogP contribution in [0.2, 0.25) is 0 Å². The van der Waals surface area contributed by atoms with Crippen molar-refractivity contribution in [2.45, 2.75) is 38.0 Å². The van der Waals surface area contributed by atoms with Gasteiger partial charge in [0.1, 0.15) is 0 Å². The Morgan fingerprint density at radius 1 is 1.27 bits per heavy atom. The molecule has 11 heavy (non-hydrogen) atoms. The molecule has 0 saturated heterocycles. The van der Waals surface area contributed by atoms with Crippen LogP contribution in [0.3, 0.4) is 0 Å². The van der Waals surface area contributed by atoms with E-state index in [1.54, 1.807) is 0 Å². The summed E-state index contributed by atoms with van der Waals surface area (Å²) in [5, 5.41) is 0. The number of hydrogen-bond acceptors (Lipinski definition) is 2. The summed E-state index contributed by atoms with van der Waals surface area (Å²) < 4.78 is 8.59. The van der Waals surface area contributed by atoms with Gasteiger partial charge >= 0.3 is 72.8 Å². The van der Waals surface area contributed by atoms with E-state index in [4.69, 9.17) is 0 Å². The fraction of sp³-hybridized carbons (Fsp3) is 0.750. The van der Waals surface area contributed by atoms with Crippen LogP contribution >= 0.6 is 0 Å². The van der Waals surface area contributed by atoms with Crippen LogP contribution in [0.4, 0.5) is 0 Å². The summed E-state index contributed by atoms with van der Waals surface area (Å²) in [5.74, 6) is 0.761. The van der Waals surface area contributed by atoms with Crippen molar-refractivity contribution in [2.24, 2.45) is 0 Å². The van der Waals surface area contributed by atoms with Crippen molar-refractivity contribution in [2.75, 3.05) is 0 Å². The van der Waals surface area contributed by atoms with Crippen molar-refractivity contribution < 1.29 is 0 Å². The quantitative estimate of drug-likeness (QED) is 0.665. The first kappa shape index (κ1) is 7.51. The molecule has 1 fully saturated rings. The van der Waals surface area contributed by atoms with Crippen molar-refractivity contribution in [3.05, 3.63) is 11.9 Å². The van der Waals surface area contributed by atoms with Crippen LogP contribution in [0.5, 0.6) is 0 Å². The maximum absolute atomic E-state index is 4.42. The van der Waals surface area contributed by atoms with Crippen molar-refractivity contribution in [1.29, 1.82) is 0 Å². The summed E-state index contributed by atoms with van der Waals surface area (Å²) in [6.07, 6.45) is 8.90. The SMILES string of the molecule is c1n[se]nc1C1CCCCC1. The Balaban J connectivity index is 2.04. The Hall–Kier alpha value is -0.141. The van der Waals surface area contributed by atoms with Crippen LogP contribution in [-0.4, -0.2) is 22.9 Å². The summed E-state index contributed by atoms with van der Waals surface area (Å²) in [4.78, 5) is 0. The molecule has 2 nitrogen and oxygen atoms in total. The van der Waals surface area contributed by atoms with Crippen molar-refractivity contribution in [1.82, 2.24) is 7.96 Å². The van der Waals surface area contributed by atoms with Crippen LogP contribution in [-0.2, 0) is 0 Å². The first-order valence-corrected chi connectivity index (χ1v) is 5.77.